The zero-order valence-electron chi connectivity index (χ0n) is 7.98. The average molecular weight is 284 g/mol. The summed E-state index contributed by atoms with van der Waals surface area (Å²) in [6.07, 6.45) is 0.839. The van der Waals surface area contributed by atoms with Crippen LogP contribution in [-0.2, 0) is 0 Å². The van der Waals surface area contributed by atoms with Gasteiger partial charge in [0.15, 0.2) is 0 Å². The van der Waals surface area contributed by atoms with Crippen molar-refractivity contribution in [3.05, 3.63) is 28.7 Å². The van der Waals surface area contributed by atoms with E-state index in [9.17, 15) is 5.11 Å². The van der Waals surface area contributed by atoms with Crippen molar-refractivity contribution in [2.24, 2.45) is 0 Å². The van der Waals surface area contributed by atoms with E-state index in [4.69, 9.17) is 5.26 Å². The van der Waals surface area contributed by atoms with E-state index in [2.05, 4.69) is 22.0 Å². The summed E-state index contributed by atoms with van der Waals surface area (Å²) in [7, 11) is 0. The standard InChI is InChI=1S/C11H10BrNOS/c12-8-2-1-3-10(4-8)15-11(7-13)5-9(14)6-11/h1-4,9,14H,5-6H2. The Morgan fingerprint density at radius 3 is 2.80 bits per heavy atom. The minimum absolute atomic E-state index is 0.302. The first-order valence-corrected chi connectivity index (χ1v) is 6.28. The molecule has 1 fully saturated rings. The van der Waals surface area contributed by atoms with E-state index in [-0.39, 0.29) is 6.10 Å². The lowest BCUT2D eigenvalue weighted by Gasteiger charge is -2.38. The second-order valence-electron chi connectivity index (χ2n) is 3.73. The molecule has 0 bridgehead atoms. The van der Waals surface area contributed by atoms with E-state index in [1.165, 1.54) is 0 Å². The minimum Gasteiger partial charge on any atom is -0.393 e. The molecule has 1 N–H and O–H groups in total. The van der Waals surface area contributed by atoms with Crippen LogP contribution in [0.2, 0.25) is 0 Å². The lowest BCUT2D eigenvalue weighted by atomic mass is 9.82. The number of halogens is 1. The molecule has 2 rings (SSSR count). The molecule has 1 aromatic rings. The molecule has 15 heavy (non-hydrogen) atoms. The third kappa shape index (κ3) is 2.36. The molecular formula is C11H10BrNOS. The van der Waals surface area contributed by atoms with Gasteiger partial charge < -0.3 is 5.11 Å². The lowest BCUT2D eigenvalue weighted by molar-refractivity contribution is 0.0803. The minimum atomic E-state index is -0.416. The zero-order chi connectivity index (χ0) is 10.9. The van der Waals surface area contributed by atoms with Crippen LogP contribution in [0.1, 0.15) is 12.8 Å². The second kappa shape index (κ2) is 4.17. The van der Waals surface area contributed by atoms with Crippen molar-refractivity contribution in [1.82, 2.24) is 0 Å². The summed E-state index contributed by atoms with van der Waals surface area (Å²) in [6.45, 7) is 0. The van der Waals surface area contributed by atoms with Gasteiger partial charge in [0, 0.05) is 22.2 Å². The van der Waals surface area contributed by atoms with Gasteiger partial charge >= 0.3 is 0 Å². The maximum atomic E-state index is 9.27. The highest BCUT2D eigenvalue weighted by molar-refractivity contribution is 9.10. The Balaban J connectivity index is 2.12. The first kappa shape index (κ1) is 11.0. The van der Waals surface area contributed by atoms with Crippen LogP contribution in [0.4, 0.5) is 0 Å². The van der Waals surface area contributed by atoms with Gasteiger partial charge in [-0.15, -0.1) is 11.8 Å². The van der Waals surface area contributed by atoms with Crippen molar-refractivity contribution in [1.29, 1.82) is 5.26 Å². The Bertz CT molecular complexity index is 409. The molecule has 0 heterocycles. The van der Waals surface area contributed by atoms with E-state index in [0.29, 0.717) is 12.8 Å². The molecule has 0 unspecified atom stereocenters. The maximum absolute atomic E-state index is 9.27. The number of aliphatic hydroxyl groups is 1. The van der Waals surface area contributed by atoms with Crippen LogP contribution in [-0.4, -0.2) is 16.0 Å². The SMILES string of the molecule is N#CC1(Sc2cccc(Br)c2)CC(O)C1. The van der Waals surface area contributed by atoms with E-state index >= 15 is 0 Å². The van der Waals surface area contributed by atoms with Crippen molar-refractivity contribution in [3.63, 3.8) is 0 Å². The highest BCUT2D eigenvalue weighted by Crippen LogP contribution is 2.47. The molecule has 78 valence electrons. The molecule has 1 aliphatic rings. The molecule has 1 saturated carbocycles. The van der Waals surface area contributed by atoms with Gasteiger partial charge in [-0.3, -0.25) is 0 Å². The third-order valence-corrected chi connectivity index (χ3v) is 4.24. The van der Waals surface area contributed by atoms with Crippen LogP contribution >= 0.6 is 27.7 Å². The normalized spacial score (nSPS) is 29.3. The van der Waals surface area contributed by atoms with Gasteiger partial charge in [-0.25, -0.2) is 0 Å². The van der Waals surface area contributed by atoms with Crippen LogP contribution in [0.3, 0.4) is 0 Å². The molecule has 1 aliphatic carbocycles. The Hall–Kier alpha value is -0.500. The predicted molar refractivity (Wildman–Crippen MR) is 63.6 cm³/mol. The number of rotatable bonds is 2. The van der Waals surface area contributed by atoms with Gasteiger partial charge in [0.2, 0.25) is 0 Å². The summed E-state index contributed by atoms with van der Waals surface area (Å²) in [5.41, 5.74) is 0. The summed E-state index contributed by atoms with van der Waals surface area (Å²) in [5.74, 6) is 0. The smallest absolute Gasteiger partial charge is 0.112 e. The Morgan fingerprint density at radius 2 is 2.27 bits per heavy atom. The number of nitriles is 1. The van der Waals surface area contributed by atoms with Crippen LogP contribution in [0.25, 0.3) is 0 Å². The van der Waals surface area contributed by atoms with Crippen LogP contribution in [0.15, 0.2) is 33.6 Å². The maximum Gasteiger partial charge on any atom is 0.112 e. The number of thioether (sulfide) groups is 1. The zero-order valence-corrected chi connectivity index (χ0v) is 10.4. The van der Waals surface area contributed by atoms with E-state index in [1.54, 1.807) is 11.8 Å². The number of hydrogen-bond donors (Lipinski definition) is 1. The Labute approximate surface area is 101 Å². The first-order chi connectivity index (χ1) is 7.13. The first-order valence-electron chi connectivity index (χ1n) is 4.67. The van der Waals surface area contributed by atoms with Crippen molar-refractivity contribution in [2.45, 2.75) is 28.6 Å². The molecule has 0 spiro atoms. The van der Waals surface area contributed by atoms with Gasteiger partial charge in [-0.05, 0) is 18.2 Å². The van der Waals surface area contributed by atoms with Crippen LogP contribution in [0, 0.1) is 11.3 Å². The number of benzene rings is 1. The molecule has 0 radical (unpaired) electrons. The van der Waals surface area contributed by atoms with Gasteiger partial charge in [0.1, 0.15) is 4.75 Å². The molecule has 0 atom stereocenters. The summed E-state index contributed by atoms with van der Waals surface area (Å²) < 4.78 is 0.598. The lowest BCUT2D eigenvalue weighted by Crippen LogP contribution is -2.43. The monoisotopic (exact) mass is 283 g/mol. The number of aliphatic hydroxyl groups excluding tert-OH is 1. The van der Waals surface area contributed by atoms with Crippen molar-refractivity contribution >= 4 is 27.7 Å². The quantitative estimate of drug-likeness (QED) is 0.908. The highest BCUT2D eigenvalue weighted by atomic mass is 79.9. The molecule has 0 aliphatic heterocycles. The van der Waals surface area contributed by atoms with Gasteiger partial charge in [0.25, 0.3) is 0 Å². The van der Waals surface area contributed by atoms with Crippen molar-refractivity contribution in [2.75, 3.05) is 0 Å². The molecule has 0 amide bonds. The number of hydrogen-bond acceptors (Lipinski definition) is 3. The average Bonchev–Trinajstić information content (AvgIpc) is 2.15. The summed E-state index contributed by atoms with van der Waals surface area (Å²) >= 11 is 4.94. The predicted octanol–water partition coefficient (Wildman–Crippen LogP) is 2.96. The Morgan fingerprint density at radius 1 is 1.53 bits per heavy atom. The summed E-state index contributed by atoms with van der Waals surface area (Å²) in [6, 6.07) is 10.2. The summed E-state index contributed by atoms with van der Waals surface area (Å²) in [4.78, 5) is 1.07. The van der Waals surface area contributed by atoms with Gasteiger partial charge in [0.05, 0.1) is 12.2 Å². The summed E-state index contributed by atoms with van der Waals surface area (Å²) in [5, 5.41) is 18.4. The van der Waals surface area contributed by atoms with Gasteiger partial charge in [-0.2, -0.15) is 5.26 Å². The highest BCUT2D eigenvalue weighted by Gasteiger charge is 2.45. The fraction of sp³-hybridized carbons (Fsp3) is 0.364. The van der Waals surface area contributed by atoms with Crippen LogP contribution in [0.5, 0.6) is 0 Å². The molecule has 0 aromatic heterocycles. The van der Waals surface area contributed by atoms with Crippen molar-refractivity contribution in [3.8, 4) is 6.07 Å². The van der Waals surface area contributed by atoms with Crippen molar-refractivity contribution < 1.29 is 5.11 Å². The molecule has 1 aromatic carbocycles. The van der Waals surface area contributed by atoms with E-state index in [0.717, 1.165) is 9.37 Å². The largest absolute Gasteiger partial charge is 0.393 e. The fourth-order valence-corrected chi connectivity index (χ4v) is 3.59. The molecule has 2 nitrogen and oxygen atoms in total. The second-order valence-corrected chi connectivity index (χ2v) is 6.10. The molecule has 0 saturated heterocycles. The van der Waals surface area contributed by atoms with Crippen LogP contribution < -0.4 is 0 Å². The topological polar surface area (TPSA) is 44.0 Å². The van der Waals surface area contributed by atoms with E-state index in [1.807, 2.05) is 24.3 Å². The fourth-order valence-electron chi connectivity index (χ4n) is 1.65. The number of nitrogens with zero attached hydrogens (tertiary/aromatic N) is 1. The molecular weight excluding hydrogens is 274 g/mol. The van der Waals surface area contributed by atoms with E-state index < -0.39 is 4.75 Å². The molecule has 4 heteroatoms. The van der Waals surface area contributed by atoms with Gasteiger partial charge in [-0.1, -0.05) is 22.0 Å². The Kier molecular flexibility index (Phi) is 3.06. The third-order valence-electron chi connectivity index (χ3n) is 2.44.